The van der Waals surface area contributed by atoms with E-state index >= 15 is 0 Å². The summed E-state index contributed by atoms with van der Waals surface area (Å²) >= 11 is 0. The third kappa shape index (κ3) is 2.90. The van der Waals surface area contributed by atoms with Crippen molar-refractivity contribution in [2.24, 2.45) is 0 Å². The van der Waals surface area contributed by atoms with E-state index in [0.29, 0.717) is 0 Å². The highest BCUT2D eigenvalue weighted by Crippen LogP contribution is 2.27. The maximum absolute atomic E-state index is 13.4. The van der Waals surface area contributed by atoms with E-state index in [9.17, 15) is 13.9 Å². The average Bonchev–Trinajstić information content (AvgIpc) is 2.42. The molecule has 0 aliphatic heterocycles. The molecule has 2 aromatic rings. The molecule has 2 nitrogen and oxygen atoms in total. The number of hydrogen-bond donors (Lipinski definition) is 1. The zero-order valence-corrected chi connectivity index (χ0v) is 9.81. The number of aliphatic hydroxyl groups is 1. The first kappa shape index (κ1) is 13.1. The number of hydrogen-bond acceptors (Lipinski definition) is 2. The maximum Gasteiger partial charge on any atom is 0.165 e. The summed E-state index contributed by atoms with van der Waals surface area (Å²) in [7, 11) is 0. The second-order valence-corrected chi connectivity index (χ2v) is 3.79. The monoisotopic (exact) mass is 260 g/mol. The molecule has 0 aromatic heterocycles. The third-order valence-electron chi connectivity index (χ3n) is 2.48. The normalized spacial score (nSPS) is 11.7. The Kier molecular flexibility index (Phi) is 3.79. The number of benzene rings is 2. The Morgan fingerprint density at radius 2 is 1.84 bits per heavy atom. The van der Waals surface area contributed by atoms with Gasteiger partial charge in [0.1, 0.15) is 17.7 Å². The Morgan fingerprint density at radius 1 is 1.11 bits per heavy atom. The first-order chi connectivity index (χ1) is 9.11. The van der Waals surface area contributed by atoms with Gasteiger partial charge in [0.25, 0.3) is 0 Å². The van der Waals surface area contributed by atoms with E-state index in [0.717, 1.165) is 6.07 Å². The van der Waals surface area contributed by atoms with Gasteiger partial charge in [-0.15, -0.1) is 6.42 Å². The lowest BCUT2D eigenvalue weighted by molar-refractivity contribution is 0.232. The van der Waals surface area contributed by atoms with E-state index in [-0.39, 0.29) is 17.1 Å². The lowest BCUT2D eigenvalue weighted by atomic mass is 10.1. The van der Waals surface area contributed by atoms with Crippen LogP contribution in [0.2, 0.25) is 0 Å². The molecule has 2 aromatic carbocycles. The highest BCUT2D eigenvalue weighted by Gasteiger charge is 2.12. The van der Waals surface area contributed by atoms with Crippen LogP contribution < -0.4 is 4.74 Å². The van der Waals surface area contributed by atoms with Crippen molar-refractivity contribution in [1.82, 2.24) is 0 Å². The van der Waals surface area contributed by atoms with Crippen molar-refractivity contribution in [1.29, 1.82) is 0 Å². The molecule has 0 amide bonds. The first-order valence-electron chi connectivity index (χ1n) is 5.48. The van der Waals surface area contributed by atoms with Gasteiger partial charge in [0.2, 0.25) is 0 Å². The molecular formula is C15H10F2O2. The lowest BCUT2D eigenvalue weighted by Crippen LogP contribution is -1.98. The summed E-state index contributed by atoms with van der Waals surface area (Å²) in [6.45, 7) is 0. The zero-order valence-electron chi connectivity index (χ0n) is 9.81. The zero-order chi connectivity index (χ0) is 13.8. The molecule has 0 aliphatic carbocycles. The molecule has 0 spiro atoms. The third-order valence-corrected chi connectivity index (χ3v) is 2.48. The summed E-state index contributed by atoms with van der Waals surface area (Å²) in [5.41, 5.74) is -0.0867. The Balaban J connectivity index is 2.32. The Labute approximate surface area is 109 Å². The van der Waals surface area contributed by atoms with Crippen LogP contribution in [0.1, 0.15) is 11.7 Å². The van der Waals surface area contributed by atoms with Crippen LogP contribution in [-0.4, -0.2) is 5.11 Å². The largest absolute Gasteiger partial charge is 0.454 e. The molecule has 4 heteroatoms. The van der Waals surface area contributed by atoms with Crippen molar-refractivity contribution in [3.05, 3.63) is 59.7 Å². The van der Waals surface area contributed by atoms with Crippen LogP contribution in [0.3, 0.4) is 0 Å². The number of aliphatic hydroxyl groups excluding tert-OH is 1. The Bertz CT molecular complexity index is 632. The minimum Gasteiger partial charge on any atom is -0.454 e. The number of ether oxygens (including phenoxy) is 1. The lowest BCUT2D eigenvalue weighted by Gasteiger charge is -2.10. The quantitative estimate of drug-likeness (QED) is 0.857. The second kappa shape index (κ2) is 5.51. The average molecular weight is 260 g/mol. The van der Waals surface area contributed by atoms with Crippen molar-refractivity contribution in [3.8, 4) is 23.8 Å². The molecule has 2 rings (SSSR count). The Hall–Kier alpha value is -2.38. The van der Waals surface area contributed by atoms with Crippen LogP contribution in [0.4, 0.5) is 8.78 Å². The van der Waals surface area contributed by atoms with Crippen LogP contribution in [-0.2, 0) is 0 Å². The summed E-state index contributed by atoms with van der Waals surface area (Å²) in [5, 5.41) is 9.45. The second-order valence-electron chi connectivity index (χ2n) is 3.79. The summed E-state index contributed by atoms with van der Waals surface area (Å²) in [5.74, 6) is 1.03. The summed E-state index contributed by atoms with van der Waals surface area (Å²) < 4.78 is 32.1. The van der Waals surface area contributed by atoms with E-state index in [2.05, 4.69) is 0 Å². The topological polar surface area (TPSA) is 29.5 Å². The van der Waals surface area contributed by atoms with Gasteiger partial charge in [0.15, 0.2) is 11.6 Å². The van der Waals surface area contributed by atoms with E-state index in [1.165, 1.54) is 30.3 Å². The first-order valence-corrected chi connectivity index (χ1v) is 5.48. The van der Waals surface area contributed by atoms with Gasteiger partial charge in [-0.3, -0.25) is 0 Å². The molecule has 1 atom stereocenters. The van der Waals surface area contributed by atoms with E-state index < -0.39 is 17.7 Å². The molecule has 19 heavy (non-hydrogen) atoms. The van der Waals surface area contributed by atoms with Crippen molar-refractivity contribution < 1.29 is 18.6 Å². The van der Waals surface area contributed by atoms with Crippen molar-refractivity contribution in [3.63, 3.8) is 0 Å². The predicted octanol–water partition coefficient (Wildman–Crippen LogP) is 3.42. The smallest absolute Gasteiger partial charge is 0.165 e. The minimum absolute atomic E-state index is 0.00950. The Morgan fingerprint density at radius 3 is 2.53 bits per heavy atom. The van der Waals surface area contributed by atoms with Crippen LogP contribution in [0, 0.1) is 24.0 Å². The van der Waals surface area contributed by atoms with Gasteiger partial charge in [0.05, 0.1) is 0 Å². The predicted molar refractivity (Wildman–Crippen MR) is 66.7 cm³/mol. The van der Waals surface area contributed by atoms with Crippen molar-refractivity contribution in [2.45, 2.75) is 6.10 Å². The highest BCUT2D eigenvalue weighted by atomic mass is 19.1. The number of para-hydroxylation sites is 1. The van der Waals surface area contributed by atoms with Gasteiger partial charge < -0.3 is 9.84 Å². The molecule has 0 aliphatic rings. The van der Waals surface area contributed by atoms with Gasteiger partial charge in [-0.2, -0.15) is 0 Å². The molecular weight excluding hydrogens is 250 g/mol. The van der Waals surface area contributed by atoms with Crippen LogP contribution in [0.15, 0.2) is 42.5 Å². The fraction of sp³-hybridized carbons (Fsp3) is 0.0667. The summed E-state index contributed by atoms with van der Waals surface area (Å²) in [6.07, 6.45) is 3.66. The standard InChI is InChI=1S/C15H10F2O2/c1-2-14(18)11-9-10(7-8-12(11)16)19-15-6-4-3-5-13(15)17/h1,3-9,14,18H. The molecule has 1 N–H and O–H groups in total. The van der Waals surface area contributed by atoms with Gasteiger partial charge in [-0.05, 0) is 30.3 Å². The molecule has 0 heterocycles. The highest BCUT2D eigenvalue weighted by molar-refractivity contribution is 5.37. The molecule has 1 unspecified atom stereocenters. The van der Waals surface area contributed by atoms with E-state index in [1.807, 2.05) is 5.92 Å². The summed E-state index contributed by atoms with van der Waals surface area (Å²) in [4.78, 5) is 0. The minimum atomic E-state index is -1.37. The van der Waals surface area contributed by atoms with Crippen molar-refractivity contribution in [2.75, 3.05) is 0 Å². The molecule has 0 radical (unpaired) electrons. The molecule has 0 saturated carbocycles. The fourth-order valence-electron chi connectivity index (χ4n) is 1.54. The van der Waals surface area contributed by atoms with Gasteiger partial charge in [0, 0.05) is 5.56 Å². The summed E-state index contributed by atoms with van der Waals surface area (Å²) in [6, 6.07) is 9.50. The number of terminal acetylenes is 1. The van der Waals surface area contributed by atoms with Crippen LogP contribution >= 0.6 is 0 Å². The SMILES string of the molecule is C#CC(O)c1cc(Oc2ccccc2F)ccc1F. The van der Waals surface area contributed by atoms with E-state index in [4.69, 9.17) is 11.2 Å². The molecule has 0 saturated heterocycles. The van der Waals surface area contributed by atoms with Gasteiger partial charge >= 0.3 is 0 Å². The van der Waals surface area contributed by atoms with E-state index in [1.54, 1.807) is 6.07 Å². The number of rotatable bonds is 3. The van der Waals surface area contributed by atoms with Gasteiger partial charge in [-0.1, -0.05) is 18.1 Å². The molecule has 96 valence electrons. The van der Waals surface area contributed by atoms with Crippen LogP contribution in [0.25, 0.3) is 0 Å². The van der Waals surface area contributed by atoms with Crippen molar-refractivity contribution >= 4 is 0 Å². The fourth-order valence-corrected chi connectivity index (χ4v) is 1.54. The molecule has 0 fully saturated rings. The van der Waals surface area contributed by atoms with Crippen LogP contribution in [0.5, 0.6) is 11.5 Å². The number of halogens is 2. The maximum atomic E-state index is 13.4. The molecule has 0 bridgehead atoms. The van der Waals surface area contributed by atoms with Gasteiger partial charge in [-0.25, -0.2) is 8.78 Å².